The van der Waals surface area contributed by atoms with Gasteiger partial charge in [0, 0.05) is 30.7 Å². The molecule has 11 heteroatoms. The summed E-state index contributed by atoms with van der Waals surface area (Å²) in [7, 11) is 1.64. The Morgan fingerprint density at radius 1 is 0.978 bits per heavy atom. The van der Waals surface area contributed by atoms with Crippen LogP contribution in [0.1, 0.15) is 64.6 Å². The van der Waals surface area contributed by atoms with Crippen molar-refractivity contribution < 1.29 is 32.5 Å². The first-order valence-corrected chi connectivity index (χ1v) is 14.8. The third-order valence-electron chi connectivity index (χ3n) is 8.35. The first-order chi connectivity index (χ1) is 22.2. The number of fused-ring (bicyclic) bond motifs is 1. The van der Waals surface area contributed by atoms with Crippen molar-refractivity contribution in [2.75, 3.05) is 7.11 Å². The zero-order valence-corrected chi connectivity index (χ0v) is 24.8. The lowest BCUT2D eigenvalue weighted by Gasteiger charge is -2.33. The molecule has 0 aliphatic heterocycles. The topological polar surface area (TPSA) is 110 Å². The largest absolute Gasteiger partial charge is 0.478 e. The van der Waals surface area contributed by atoms with Crippen molar-refractivity contribution in [3.05, 3.63) is 112 Å². The van der Waals surface area contributed by atoms with Crippen LogP contribution in [-0.2, 0) is 17.8 Å². The SMILES string of the molecule is CO[C@@H]1CCCC[C@@H]1n1c(Cc2cc(F)c(-c3cccc(OCc4ccc(C#N)cc4F)n3)cc2F)nc2ccc(C(=O)O)cc21. The van der Waals surface area contributed by atoms with Gasteiger partial charge in [-0.1, -0.05) is 25.0 Å². The smallest absolute Gasteiger partial charge is 0.335 e. The van der Waals surface area contributed by atoms with Crippen molar-refractivity contribution in [3.63, 3.8) is 0 Å². The average molecular weight is 627 g/mol. The van der Waals surface area contributed by atoms with Gasteiger partial charge in [-0.2, -0.15) is 5.26 Å². The second-order valence-electron chi connectivity index (χ2n) is 11.2. The third-order valence-corrected chi connectivity index (χ3v) is 8.35. The standard InChI is InChI=1S/C35H29F3N4O4/c1-45-32-7-3-2-6-30(32)42-31-15-21(35(43)44)11-12-29(31)40-33(42)16-23-14-27(38)24(17-26(23)37)28-5-4-8-34(41-28)46-19-22-10-9-20(18-39)13-25(22)36/h4-5,8-15,17,30,32H,2-3,6-7,16,19H2,1H3,(H,43,44)/t30-,32+/m0/s1. The number of nitrogens with zero attached hydrogens (tertiary/aromatic N) is 4. The molecule has 1 saturated carbocycles. The molecule has 0 bridgehead atoms. The summed E-state index contributed by atoms with van der Waals surface area (Å²) >= 11 is 0. The van der Waals surface area contributed by atoms with Crippen molar-refractivity contribution in [2.45, 2.75) is 50.9 Å². The highest BCUT2D eigenvalue weighted by atomic mass is 19.1. The summed E-state index contributed by atoms with van der Waals surface area (Å²) in [6, 6.07) is 17.2. The summed E-state index contributed by atoms with van der Waals surface area (Å²) in [4.78, 5) is 20.8. The van der Waals surface area contributed by atoms with Crippen LogP contribution in [0, 0.1) is 28.8 Å². The van der Waals surface area contributed by atoms with E-state index < -0.39 is 23.4 Å². The molecule has 234 valence electrons. The van der Waals surface area contributed by atoms with Gasteiger partial charge < -0.3 is 19.1 Å². The van der Waals surface area contributed by atoms with Crippen LogP contribution in [0.3, 0.4) is 0 Å². The van der Waals surface area contributed by atoms with Crippen molar-refractivity contribution in [1.29, 1.82) is 5.26 Å². The van der Waals surface area contributed by atoms with Gasteiger partial charge in [0.05, 0.1) is 46.1 Å². The van der Waals surface area contributed by atoms with Crippen LogP contribution in [0.15, 0.2) is 66.7 Å². The maximum absolute atomic E-state index is 15.7. The lowest BCUT2D eigenvalue weighted by molar-refractivity contribution is 0.0295. The molecule has 2 heterocycles. The zero-order chi connectivity index (χ0) is 32.4. The van der Waals surface area contributed by atoms with Crippen LogP contribution >= 0.6 is 0 Å². The fraction of sp³-hybridized carbons (Fsp3) is 0.257. The second-order valence-corrected chi connectivity index (χ2v) is 11.2. The van der Waals surface area contributed by atoms with E-state index in [-0.39, 0.29) is 64.6 Å². The van der Waals surface area contributed by atoms with E-state index in [4.69, 9.17) is 19.7 Å². The van der Waals surface area contributed by atoms with Gasteiger partial charge in [-0.25, -0.2) is 27.9 Å². The van der Waals surface area contributed by atoms with Gasteiger partial charge in [0.2, 0.25) is 5.88 Å². The highest BCUT2D eigenvalue weighted by Crippen LogP contribution is 2.36. The number of rotatable bonds is 9. The normalized spacial score (nSPS) is 16.3. The number of carbonyl (C=O) groups is 1. The number of aromatic nitrogens is 3. The van der Waals surface area contributed by atoms with Gasteiger partial charge in [-0.15, -0.1) is 0 Å². The number of carboxylic acid groups (broad SMARTS) is 1. The van der Waals surface area contributed by atoms with Crippen LogP contribution in [0.5, 0.6) is 5.88 Å². The van der Waals surface area contributed by atoms with Crippen molar-refractivity contribution in [1.82, 2.24) is 14.5 Å². The maximum atomic E-state index is 15.7. The molecular weight excluding hydrogens is 597 g/mol. The number of benzene rings is 3. The molecular formula is C35H29F3N4O4. The quantitative estimate of drug-likeness (QED) is 0.182. The van der Waals surface area contributed by atoms with Gasteiger partial charge in [0.25, 0.3) is 0 Å². The summed E-state index contributed by atoms with van der Waals surface area (Å²) < 4.78 is 58.9. The van der Waals surface area contributed by atoms with Crippen molar-refractivity contribution in [3.8, 4) is 23.2 Å². The predicted octanol–water partition coefficient (Wildman–Crippen LogP) is 7.39. The molecule has 2 aromatic heterocycles. The molecule has 46 heavy (non-hydrogen) atoms. The number of pyridine rings is 1. The molecule has 0 amide bonds. The number of imidazole rings is 1. The highest BCUT2D eigenvalue weighted by molar-refractivity contribution is 5.92. The number of halogens is 3. The fourth-order valence-corrected chi connectivity index (χ4v) is 6.04. The van der Waals surface area contributed by atoms with E-state index in [1.54, 1.807) is 25.3 Å². The molecule has 1 aliphatic carbocycles. The Hall–Kier alpha value is -5.21. The van der Waals surface area contributed by atoms with E-state index in [0.29, 0.717) is 16.9 Å². The van der Waals surface area contributed by atoms with Gasteiger partial charge >= 0.3 is 5.97 Å². The number of hydrogen-bond donors (Lipinski definition) is 1. The summed E-state index contributed by atoms with van der Waals surface area (Å²) in [5.74, 6) is -2.49. The second kappa shape index (κ2) is 13.0. The van der Waals surface area contributed by atoms with Gasteiger partial charge in [-0.3, -0.25) is 0 Å². The number of ether oxygens (including phenoxy) is 2. The number of hydrogen-bond acceptors (Lipinski definition) is 6. The molecule has 1 N–H and O–H groups in total. The van der Waals surface area contributed by atoms with E-state index >= 15 is 8.78 Å². The van der Waals surface area contributed by atoms with Gasteiger partial charge in [0.15, 0.2) is 0 Å². The van der Waals surface area contributed by atoms with Gasteiger partial charge in [-0.05, 0) is 66.9 Å². The Labute approximate surface area is 262 Å². The Kier molecular flexibility index (Phi) is 8.72. The molecule has 5 aromatic rings. The van der Waals surface area contributed by atoms with Crippen LogP contribution in [0.4, 0.5) is 13.2 Å². The molecule has 2 atom stereocenters. The fourth-order valence-electron chi connectivity index (χ4n) is 6.04. The maximum Gasteiger partial charge on any atom is 0.335 e. The minimum Gasteiger partial charge on any atom is -0.478 e. The predicted molar refractivity (Wildman–Crippen MR) is 163 cm³/mol. The van der Waals surface area contributed by atoms with E-state index in [0.717, 1.165) is 43.9 Å². The molecule has 0 spiro atoms. The highest BCUT2D eigenvalue weighted by Gasteiger charge is 2.30. The third kappa shape index (κ3) is 6.17. The first-order valence-electron chi connectivity index (χ1n) is 14.8. The Morgan fingerprint density at radius 2 is 1.78 bits per heavy atom. The van der Waals surface area contributed by atoms with E-state index in [1.807, 2.05) is 10.6 Å². The van der Waals surface area contributed by atoms with E-state index in [1.165, 1.54) is 30.3 Å². The molecule has 0 unspecified atom stereocenters. The molecule has 0 radical (unpaired) electrons. The Balaban J connectivity index is 1.30. The summed E-state index contributed by atoms with van der Waals surface area (Å²) in [5, 5.41) is 18.5. The monoisotopic (exact) mass is 626 g/mol. The molecule has 3 aromatic carbocycles. The van der Waals surface area contributed by atoms with Gasteiger partial charge in [0.1, 0.15) is 29.9 Å². The Bertz CT molecular complexity index is 1990. The summed E-state index contributed by atoms with van der Waals surface area (Å²) in [6.07, 6.45) is 3.33. The number of aromatic carboxylic acids is 1. The molecule has 6 rings (SSSR count). The van der Waals surface area contributed by atoms with Crippen LogP contribution in [-0.4, -0.2) is 38.8 Å². The number of nitriles is 1. The number of methoxy groups -OCH3 is 1. The lowest BCUT2D eigenvalue weighted by Crippen LogP contribution is -2.30. The van der Waals surface area contributed by atoms with Crippen LogP contribution in [0.2, 0.25) is 0 Å². The van der Waals surface area contributed by atoms with E-state index in [2.05, 4.69) is 4.98 Å². The minimum absolute atomic E-state index is 0.0419. The number of carboxylic acids is 1. The molecule has 1 aliphatic rings. The van der Waals surface area contributed by atoms with E-state index in [9.17, 15) is 14.3 Å². The minimum atomic E-state index is -1.07. The summed E-state index contributed by atoms with van der Waals surface area (Å²) in [5.41, 5.74) is 1.77. The average Bonchev–Trinajstić information content (AvgIpc) is 3.42. The molecule has 0 saturated heterocycles. The van der Waals surface area contributed by atoms with Crippen molar-refractivity contribution in [2.24, 2.45) is 0 Å². The molecule has 1 fully saturated rings. The molecule has 8 nitrogen and oxygen atoms in total. The van der Waals surface area contributed by atoms with Crippen LogP contribution < -0.4 is 4.74 Å². The van der Waals surface area contributed by atoms with Crippen molar-refractivity contribution >= 4 is 17.0 Å². The lowest BCUT2D eigenvalue weighted by atomic mass is 9.91. The zero-order valence-electron chi connectivity index (χ0n) is 24.8. The van der Waals surface area contributed by atoms with Crippen LogP contribution in [0.25, 0.3) is 22.3 Å². The Morgan fingerprint density at radius 3 is 2.54 bits per heavy atom. The summed E-state index contributed by atoms with van der Waals surface area (Å²) in [6.45, 7) is -0.177. The first kappa shape index (κ1) is 30.8.